The number of carboxylic acid groups (broad SMARTS) is 2. The Balaban J connectivity index is 0.000000398. The van der Waals surface area contributed by atoms with E-state index in [0.717, 1.165) is 38.0 Å². The number of hydrogen-bond acceptors (Lipinski definition) is 29. The third-order valence-corrected chi connectivity index (χ3v) is 15.6. The van der Waals surface area contributed by atoms with Crippen LogP contribution in [0, 0.1) is 0 Å². The number of ether oxygens (including phenoxy) is 14. The molecule has 0 spiro atoms. The number of aliphatic hydroxyl groups excluding tert-OH is 10. The Morgan fingerprint density at radius 1 is 0.500 bits per heavy atom. The Hall–Kier alpha value is -3.15. The van der Waals surface area contributed by atoms with Crippen molar-refractivity contribution in [2.24, 2.45) is 0 Å². The second-order valence-corrected chi connectivity index (χ2v) is 21.5. The van der Waals surface area contributed by atoms with E-state index in [2.05, 4.69) is 42.5 Å². The van der Waals surface area contributed by atoms with Gasteiger partial charge in [0.25, 0.3) is 0 Å². The minimum atomic E-state index is -1.23. The SMILES string of the molecule is CCC(=O)N(c1ccccc1)C1CC[NH+](CCc2ccccc2)CC1.COC1OC(CO)C(OC)C(O)C1O.COC1OC(CO)C(OC)C(O)C1O.COC1OC(COCCC(=O)[O-])C(OC)C(O)C1O.COC1OC(COCCC(=O)[O-])C(OC)C(O)C1O.[Na+]. The van der Waals surface area contributed by atoms with Gasteiger partial charge in [-0.25, -0.2) is 0 Å². The molecule has 2 aromatic rings. The first-order valence-electron chi connectivity index (χ1n) is 29.9. The van der Waals surface area contributed by atoms with Crippen LogP contribution in [0.3, 0.4) is 0 Å². The van der Waals surface area contributed by atoms with Crippen LogP contribution >= 0.6 is 0 Å². The number of methoxy groups -OCH3 is 8. The molecule has 0 radical (unpaired) electrons. The Labute approximate surface area is 559 Å². The second-order valence-electron chi connectivity index (χ2n) is 21.5. The van der Waals surface area contributed by atoms with Gasteiger partial charge in [0.15, 0.2) is 25.2 Å². The standard InChI is InChI=1S/C22H28N2O.2C11H20O8.2C8H16O6.Na/c1-2-22(25)24(20-11-7-4-8-12-20)21-14-17-23(18-15-21)16-13-19-9-5-3-6-10-19;2*1-16-10-6(5-18-4-3-7(12)13)19-11(17-2)9(15)8(10)14;2*1-12-7-4(3-9)14-8(13-2)6(11)5(7)10;/h3-12,21H,2,13-18H2,1H3;2*6,8-11,14-15H,3-5H2,1-2H3,(H,12,13);2*4-11H,3H2,1-2H3;/q;;;;;+1/p-1. The number of likely N-dealkylation sites (tertiary alicyclic amines) is 1. The first-order chi connectivity index (χ1) is 43.6. The monoisotopic (exact) mass is 1330 g/mol. The van der Waals surface area contributed by atoms with E-state index in [4.69, 9.17) is 76.5 Å². The molecule has 0 aromatic heterocycles. The predicted molar refractivity (Wildman–Crippen MR) is 312 cm³/mol. The summed E-state index contributed by atoms with van der Waals surface area (Å²) in [4.78, 5) is 36.7. The molecule has 20 unspecified atom stereocenters. The zero-order valence-corrected chi connectivity index (χ0v) is 56.2. The number of carbonyl (C=O) groups excluding carboxylic acids is 3. The summed E-state index contributed by atoms with van der Waals surface area (Å²) in [6.07, 6.45) is -15.7. The zero-order valence-electron chi connectivity index (χ0n) is 54.2. The Morgan fingerprint density at radius 2 is 0.826 bits per heavy atom. The molecule has 32 heteroatoms. The number of carboxylic acids is 2. The van der Waals surface area contributed by atoms with Crippen molar-refractivity contribution < 1.29 is 176 Å². The number of nitrogens with one attached hydrogen (secondary N) is 1. The van der Waals surface area contributed by atoms with Gasteiger partial charge in [-0.15, -0.1) is 0 Å². The average molecular weight is 1340 g/mol. The summed E-state index contributed by atoms with van der Waals surface area (Å²) in [5.74, 6) is -2.18. The van der Waals surface area contributed by atoms with Crippen molar-refractivity contribution in [3.05, 3.63) is 66.2 Å². The number of amides is 1. The van der Waals surface area contributed by atoms with Crippen molar-refractivity contribution in [3.63, 3.8) is 0 Å². The van der Waals surface area contributed by atoms with Crippen molar-refractivity contribution >= 4 is 23.5 Å². The van der Waals surface area contributed by atoms with Gasteiger partial charge in [-0.1, -0.05) is 55.5 Å². The maximum atomic E-state index is 12.5. The fourth-order valence-corrected chi connectivity index (χ4v) is 10.6. The van der Waals surface area contributed by atoms with Crippen LogP contribution in [0.15, 0.2) is 60.7 Å². The molecule has 11 N–H and O–H groups in total. The van der Waals surface area contributed by atoms with Crippen molar-refractivity contribution in [2.45, 2.75) is 174 Å². The van der Waals surface area contributed by atoms with Crippen molar-refractivity contribution in [1.82, 2.24) is 0 Å². The number of hydrogen-bond donors (Lipinski definition) is 11. The van der Waals surface area contributed by atoms with Crippen molar-refractivity contribution in [3.8, 4) is 0 Å². The molecule has 2 aromatic carbocycles. The third-order valence-electron chi connectivity index (χ3n) is 15.6. The molecule has 5 aliphatic heterocycles. The van der Waals surface area contributed by atoms with Crippen LogP contribution in [0.4, 0.5) is 5.69 Å². The van der Waals surface area contributed by atoms with Crippen molar-refractivity contribution in [2.75, 3.05) is 121 Å². The predicted octanol–water partition coefficient (Wildman–Crippen LogP) is -9.60. The summed E-state index contributed by atoms with van der Waals surface area (Å²) in [7, 11) is 10.9. The van der Waals surface area contributed by atoms with Crippen LogP contribution in [0.25, 0.3) is 0 Å². The van der Waals surface area contributed by atoms with E-state index in [1.54, 1.807) is 4.90 Å². The minimum absolute atomic E-state index is 0. The molecule has 92 heavy (non-hydrogen) atoms. The molecule has 31 nitrogen and oxygen atoms in total. The van der Waals surface area contributed by atoms with Gasteiger partial charge >= 0.3 is 29.6 Å². The van der Waals surface area contributed by atoms with Crippen LogP contribution in [-0.2, 0) is 87.1 Å². The molecule has 0 bridgehead atoms. The molecule has 5 saturated heterocycles. The zero-order chi connectivity index (χ0) is 67.7. The van der Waals surface area contributed by atoms with Gasteiger partial charge in [-0.05, 0) is 17.7 Å². The van der Waals surface area contributed by atoms with Gasteiger partial charge in [-0.3, -0.25) is 4.79 Å². The number of quaternary nitrogens is 1. The summed E-state index contributed by atoms with van der Waals surface area (Å²) in [5.41, 5.74) is 2.47. The van der Waals surface area contributed by atoms with Crippen molar-refractivity contribution in [1.29, 1.82) is 0 Å². The summed E-state index contributed by atoms with van der Waals surface area (Å²) in [6.45, 7) is 4.79. The number of carbonyl (C=O) groups is 3. The van der Waals surface area contributed by atoms with E-state index in [9.17, 15) is 65.4 Å². The number of rotatable bonds is 26. The molecule has 1 amide bonds. The van der Waals surface area contributed by atoms with Crippen LogP contribution in [0.2, 0.25) is 0 Å². The quantitative estimate of drug-likeness (QED) is 0.0308. The average Bonchev–Trinajstić information content (AvgIpc) is 0.913. The van der Waals surface area contributed by atoms with Gasteiger partial charge < -0.3 is 147 Å². The minimum Gasteiger partial charge on any atom is -0.550 e. The summed E-state index contributed by atoms with van der Waals surface area (Å²) >= 11 is 0. The fourth-order valence-electron chi connectivity index (χ4n) is 10.6. The van der Waals surface area contributed by atoms with E-state index >= 15 is 0 Å². The first kappa shape index (κ1) is 84.9. The van der Waals surface area contributed by atoms with Gasteiger partial charge in [0.1, 0.15) is 97.7 Å². The molecule has 5 aliphatic rings. The molecule has 0 aliphatic carbocycles. The molecule has 5 fully saturated rings. The number of para-hydroxylation sites is 1. The fraction of sp³-hybridized carbons (Fsp3) is 0.750. The third kappa shape index (κ3) is 26.4. The summed E-state index contributed by atoms with van der Waals surface area (Å²) < 4.78 is 70.7. The van der Waals surface area contributed by atoms with E-state index in [1.807, 2.05) is 30.0 Å². The normalized spacial score (nSPS) is 33.4. The topological polar surface area (TPSA) is 437 Å². The number of aliphatic hydroxyl groups is 10. The second kappa shape index (κ2) is 46.1. The molecule has 20 atom stereocenters. The number of aliphatic carboxylic acids is 2. The molecular formula is C60H99N2NaO29. The van der Waals surface area contributed by atoms with E-state index in [1.165, 1.54) is 69.0 Å². The van der Waals surface area contributed by atoms with Gasteiger partial charge in [0.05, 0.1) is 59.3 Å². The van der Waals surface area contributed by atoms with Crippen LogP contribution in [0.5, 0.6) is 0 Å². The van der Waals surface area contributed by atoms with Crippen LogP contribution in [0.1, 0.15) is 44.6 Å². The Morgan fingerprint density at radius 3 is 1.13 bits per heavy atom. The molecular weight excluding hydrogens is 1240 g/mol. The number of nitrogens with zero attached hydrogens (tertiary/aromatic N) is 1. The van der Waals surface area contributed by atoms with Gasteiger partial charge in [-0.2, -0.15) is 0 Å². The molecule has 7 rings (SSSR count). The van der Waals surface area contributed by atoms with E-state index in [-0.39, 0.29) is 87.9 Å². The van der Waals surface area contributed by atoms with Gasteiger partial charge in [0.2, 0.25) is 5.91 Å². The summed E-state index contributed by atoms with van der Waals surface area (Å²) in [5, 5.41) is 116. The first-order valence-corrected chi connectivity index (χ1v) is 29.9. The van der Waals surface area contributed by atoms with Crippen LogP contribution < -0.4 is 49.6 Å². The summed E-state index contributed by atoms with van der Waals surface area (Å²) in [6, 6.07) is 21.2. The maximum Gasteiger partial charge on any atom is 1.00 e. The Bertz CT molecular complexity index is 2160. The van der Waals surface area contributed by atoms with E-state index in [0.29, 0.717) is 12.5 Å². The number of piperidine rings is 1. The van der Waals surface area contributed by atoms with Gasteiger partial charge in [0, 0.05) is 119 Å². The molecule has 0 saturated carbocycles. The largest absolute Gasteiger partial charge is 1.00 e. The van der Waals surface area contributed by atoms with E-state index < -0.39 is 135 Å². The molecule has 524 valence electrons. The van der Waals surface area contributed by atoms with Crippen LogP contribution in [-0.4, -0.2) is 314 Å². The number of benzene rings is 2. The smallest absolute Gasteiger partial charge is 0.550 e. The molecule has 5 heterocycles. The maximum absolute atomic E-state index is 12.5. The number of anilines is 1. The Kier molecular flexibility index (Phi) is 42.6.